The fourth-order valence-corrected chi connectivity index (χ4v) is 5.19. The van der Waals surface area contributed by atoms with Crippen LogP contribution in [0.4, 0.5) is 11.4 Å². The molecule has 0 spiro atoms. The van der Waals surface area contributed by atoms with Crippen LogP contribution in [0.15, 0.2) is 42.5 Å². The second-order valence-corrected chi connectivity index (χ2v) is 8.44. The van der Waals surface area contributed by atoms with Crippen LogP contribution in [0.2, 0.25) is 0 Å². The highest BCUT2D eigenvalue weighted by molar-refractivity contribution is 7.21. The van der Waals surface area contributed by atoms with Crippen LogP contribution in [-0.2, 0) is 6.42 Å². The molecule has 2 aromatic heterocycles. The van der Waals surface area contributed by atoms with Gasteiger partial charge in [0.25, 0.3) is 5.91 Å². The molecule has 0 bridgehead atoms. The Balaban J connectivity index is 1.64. The van der Waals surface area contributed by atoms with Gasteiger partial charge in [-0.3, -0.25) is 4.79 Å². The molecule has 1 amide bonds. The first-order valence-electron chi connectivity index (χ1n) is 9.68. The number of ether oxygens (including phenoxy) is 2. The molecule has 4 aromatic rings. The van der Waals surface area contributed by atoms with Crippen molar-refractivity contribution in [2.75, 3.05) is 24.9 Å². The lowest BCUT2D eigenvalue weighted by Gasteiger charge is -2.22. The van der Waals surface area contributed by atoms with E-state index < -0.39 is 0 Å². The van der Waals surface area contributed by atoms with Gasteiger partial charge in [0, 0.05) is 28.6 Å². The Bertz CT molecular complexity index is 1310. The number of carbonyl (C=O) groups is 1. The van der Waals surface area contributed by atoms with Crippen molar-refractivity contribution in [3.05, 3.63) is 52.9 Å². The molecular weight excluding hydrogens is 398 g/mol. The number of anilines is 2. The average molecular weight is 420 g/mol. The zero-order chi connectivity index (χ0) is 21.0. The molecule has 0 aliphatic carbocycles. The highest BCUT2D eigenvalue weighted by Crippen LogP contribution is 2.40. The summed E-state index contributed by atoms with van der Waals surface area (Å²) >= 11 is 1.33. The minimum absolute atomic E-state index is 0.0767. The lowest BCUT2D eigenvalue weighted by molar-refractivity contribution is 0.0986. The zero-order valence-electron chi connectivity index (χ0n) is 16.9. The number of hydrogen-bond donors (Lipinski definition) is 1. The summed E-state index contributed by atoms with van der Waals surface area (Å²) in [5.74, 6) is 1.16. The van der Waals surface area contributed by atoms with Crippen LogP contribution in [0.25, 0.3) is 21.1 Å². The summed E-state index contributed by atoms with van der Waals surface area (Å²) in [4.78, 5) is 21.3. The average Bonchev–Trinajstić information content (AvgIpc) is 3.26. The number of rotatable bonds is 3. The quantitative estimate of drug-likeness (QED) is 0.523. The number of aromatic nitrogens is 1. The van der Waals surface area contributed by atoms with Gasteiger partial charge in [0.15, 0.2) is 11.5 Å². The molecule has 6 nitrogen and oxygen atoms in total. The Kier molecular flexibility index (Phi) is 4.29. The minimum Gasteiger partial charge on any atom is -0.493 e. The summed E-state index contributed by atoms with van der Waals surface area (Å²) in [6, 6.07) is 13.8. The lowest BCUT2D eigenvalue weighted by Crippen LogP contribution is -2.35. The number of carbonyl (C=O) groups excluding carboxylic acids is 1. The van der Waals surface area contributed by atoms with Crippen LogP contribution in [-0.4, -0.2) is 31.2 Å². The van der Waals surface area contributed by atoms with Crippen molar-refractivity contribution in [1.82, 2.24) is 4.98 Å². The number of nitrogens with zero attached hydrogens (tertiary/aromatic N) is 2. The molecule has 1 aliphatic heterocycles. The van der Waals surface area contributed by atoms with Crippen LogP contribution in [0.5, 0.6) is 11.5 Å². The van der Waals surface area contributed by atoms with Crippen LogP contribution in [0, 0.1) is 0 Å². The Morgan fingerprint density at radius 3 is 2.67 bits per heavy atom. The van der Waals surface area contributed by atoms with Crippen molar-refractivity contribution in [2.45, 2.75) is 19.4 Å². The van der Waals surface area contributed by atoms with E-state index in [-0.39, 0.29) is 11.9 Å². The maximum absolute atomic E-state index is 13.5. The molecule has 5 rings (SSSR count). The first-order valence-corrected chi connectivity index (χ1v) is 10.5. The van der Waals surface area contributed by atoms with E-state index in [1.54, 1.807) is 14.2 Å². The first kappa shape index (κ1) is 18.7. The predicted octanol–water partition coefficient (Wildman–Crippen LogP) is 4.64. The van der Waals surface area contributed by atoms with Gasteiger partial charge in [-0.25, -0.2) is 4.98 Å². The minimum atomic E-state index is -0.0767. The topological polar surface area (TPSA) is 77.7 Å². The van der Waals surface area contributed by atoms with E-state index in [4.69, 9.17) is 20.2 Å². The molecule has 0 unspecified atom stereocenters. The molecule has 2 aromatic carbocycles. The number of thiophene rings is 1. The van der Waals surface area contributed by atoms with Crippen LogP contribution in [0.3, 0.4) is 0 Å². The molecule has 1 aliphatic rings. The molecule has 0 fully saturated rings. The predicted molar refractivity (Wildman–Crippen MR) is 121 cm³/mol. The standard InChI is InChI=1S/C23H21N3O3S/c1-12-8-13-6-4-5-7-17(13)26(12)23(27)21-20(24)15-9-14-10-18(28-2)19(29-3)11-16(14)25-22(15)30-21/h4-7,9-12H,8,24H2,1-3H3/t12-/m1/s1. The monoisotopic (exact) mass is 419 g/mol. The summed E-state index contributed by atoms with van der Waals surface area (Å²) in [7, 11) is 3.19. The number of fused-ring (bicyclic) bond motifs is 3. The SMILES string of the molecule is COc1cc2cc3c(N)c(C(=O)N4c5ccccc5C[C@H]4C)sc3nc2cc1OC. The van der Waals surface area contributed by atoms with Gasteiger partial charge in [-0.1, -0.05) is 18.2 Å². The lowest BCUT2D eigenvalue weighted by atomic mass is 10.1. The summed E-state index contributed by atoms with van der Waals surface area (Å²) < 4.78 is 10.8. The van der Waals surface area contributed by atoms with E-state index in [0.717, 1.165) is 33.2 Å². The molecule has 30 heavy (non-hydrogen) atoms. The van der Waals surface area contributed by atoms with E-state index >= 15 is 0 Å². The number of hydrogen-bond acceptors (Lipinski definition) is 6. The van der Waals surface area contributed by atoms with Gasteiger partial charge in [-0.15, -0.1) is 11.3 Å². The second kappa shape index (κ2) is 6.88. The van der Waals surface area contributed by atoms with Gasteiger partial charge in [-0.2, -0.15) is 0 Å². The van der Waals surface area contributed by atoms with Crippen molar-refractivity contribution in [3.63, 3.8) is 0 Å². The van der Waals surface area contributed by atoms with E-state index in [0.29, 0.717) is 22.1 Å². The maximum Gasteiger partial charge on any atom is 0.270 e. The van der Waals surface area contributed by atoms with Crippen LogP contribution < -0.4 is 20.1 Å². The third-order valence-electron chi connectivity index (χ3n) is 5.64. The number of nitrogens with two attached hydrogens (primary N) is 1. The van der Waals surface area contributed by atoms with Gasteiger partial charge in [-0.05, 0) is 37.1 Å². The van der Waals surface area contributed by atoms with Crippen molar-refractivity contribution in [1.29, 1.82) is 0 Å². The highest BCUT2D eigenvalue weighted by Gasteiger charge is 2.33. The van der Waals surface area contributed by atoms with E-state index in [9.17, 15) is 4.79 Å². The fraction of sp³-hybridized carbons (Fsp3) is 0.217. The van der Waals surface area contributed by atoms with E-state index in [2.05, 4.69) is 13.0 Å². The number of methoxy groups -OCH3 is 2. The third-order valence-corrected chi connectivity index (χ3v) is 6.74. The molecule has 3 heterocycles. The van der Waals surface area contributed by atoms with E-state index in [1.165, 1.54) is 16.9 Å². The number of benzene rings is 2. The van der Waals surface area contributed by atoms with Crippen molar-refractivity contribution in [3.8, 4) is 11.5 Å². The molecule has 0 saturated carbocycles. The summed E-state index contributed by atoms with van der Waals surface area (Å²) in [5.41, 5.74) is 9.83. The second-order valence-electron chi connectivity index (χ2n) is 7.44. The smallest absolute Gasteiger partial charge is 0.270 e. The third kappa shape index (κ3) is 2.69. The zero-order valence-corrected chi connectivity index (χ0v) is 17.7. The van der Waals surface area contributed by atoms with Crippen molar-refractivity contribution >= 4 is 49.7 Å². The highest BCUT2D eigenvalue weighted by atomic mass is 32.1. The largest absolute Gasteiger partial charge is 0.493 e. The molecule has 0 saturated heterocycles. The molecule has 152 valence electrons. The number of amides is 1. The Hall–Kier alpha value is -3.32. The Morgan fingerprint density at radius 1 is 1.17 bits per heavy atom. The molecule has 7 heteroatoms. The van der Waals surface area contributed by atoms with Gasteiger partial charge in [0.05, 0.1) is 25.4 Å². The van der Waals surface area contributed by atoms with E-state index in [1.807, 2.05) is 41.3 Å². The van der Waals surface area contributed by atoms with Crippen LogP contribution >= 0.6 is 11.3 Å². The normalized spacial score (nSPS) is 15.6. The summed E-state index contributed by atoms with van der Waals surface area (Å²) in [6.07, 6.45) is 0.842. The fourth-order valence-electron chi connectivity index (χ4n) is 4.17. The number of pyridine rings is 1. The van der Waals surface area contributed by atoms with Crippen LogP contribution in [0.1, 0.15) is 22.2 Å². The Labute approximate surface area is 177 Å². The molecule has 2 N–H and O–H groups in total. The summed E-state index contributed by atoms with van der Waals surface area (Å²) in [5, 5.41) is 1.66. The maximum atomic E-state index is 13.5. The Morgan fingerprint density at radius 2 is 1.90 bits per heavy atom. The molecule has 0 radical (unpaired) electrons. The first-order chi connectivity index (χ1) is 14.5. The van der Waals surface area contributed by atoms with Gasteiger partial charge >= 0.3 is 0 Å². The summed E-state index contributed by atoms with van der Waals surface area (Å²) in [6.45, 7) is 2.06. The number of nitrogen functional groups attached to an aromatic ring is 1. The van der Waals surface area contributed by atoms with Crippen molar-refractivity contribution in [2.24, 2.45) is 0 Å². The molecule has 1 atom stereocenters. The van der Waals surface area contributed by atoms with Crippen molar-refractivity contribution < 1.29 is 14.3 Å². The van der Waals surface area contributed by atoms with Gasteiger partial charge in [0.2, 0.25) is 0 Å². The number of para-hydroxylation sites is 1. The van der Waals surface area contributed by atoms with Gasteiger partial charge in [0.1, 0.15) is 9.71 Å². The molecular formula is C23H21N3O3S. The van der Waals surface area contributed by atoms with Gasteiger partial charge < -0.3 is 20.1 Å².